The maximum atomic E-state index is 12.7. The van der Waals surface area contributed by atoms with E-state index >= 15 is 0 Å². The minimum Gasteiger partial charge on any atom is -0.497 e. The number of nitrogens with one attached hydrogen (secondary N) is 1. The maximum Gasteiger partial charge on any atom is 0.278 e. The van der Waals surface area contributed by atoms with Crippen molar-refractivity contribution in [3.8, 4) is 5.75 Å². The molecule has 0 aliphatic carbocycles. The Morgan fingerprint density at radius 1 is 0.967 bits per heavy atom. The molecule has 1 N–H and O–H groups in total. The van der Waals surface area contributed by atoms with Crippen LogP contribution in [0.25, 0.3) is 5.57 Å². The minimum atomic E-state index is -0.260. The molecule has 0 aromatic heterocycles. The summed E-state index contributed by atoms with van der Waals surface area (Å²) in [5.41, 5.74) is 6.40. The zero-order valence-electron chi connectivity index (χ0n) is 17.2. The van der Waals surface area contributed by atoms with E-state index in [0.29, 0.717) is 23.6 Å². The van der Waals surface area contributed by atoms with Crippen molar-refractivity contribution in [1.29, 1.82) is 0 Å². The Balaban J connectivity index is 1.61. The largest absolute Gasteiger partial charge is 0.497 e. The predicted octanol–water partition coefficient (Wildman–Crippen LogP) is 5.19. The summed E-state index contributed by atoms with van der Waals surface area (Å²) in [5, 5.41) is 3.41. The predicted molar refractivity (Wildman–Crippen MR) is 121 cm³/mol. The highest BCUT2D eigenvalue weighted by Crippen LogP contribution is 2.29. The smallest absolute Gasteiger partial charge is 0.278 e. The molecular formula is C26H24N2O2. The van der Waals surface area contributed by atoms with Gasteiger partial charge in [-0.25, -0.2) is 0 Å². The van der Waals surface area contributed by atoms with Crippen LogP contribution in [0.5, 0.6) is 5.75 Å². The lowest BCUT2D eigenvalue weighted by Gasteiger charge is -2.08. The van der Waals surface area contributed by atoms with Crippen LogP contribution in [0, 0.1) is 6.92 Å². The third kappa shape index (κ3) is 4.49. The minimum absolute atomic E-state index is 0.260. The third-order valence-corrected chi connectivity index (χ3v) is 5.20. The summed E-state index contributed by atoms with van der Waals surface area (Å²) in [6, 6.07) is 25.8. The molecule has 1 aliphatic rings. The monoisotopic (exact) mass is 396 g/mol. The Labute approximate surface area is 176 Å². The standard InChI is InChI=1S/C26H24N2O2/c1-18-8-10-20(11-9-18)23-17-25(27-24(23)16-19-6-4-3-5-7-19)28-26(29)21-12-14-22(30-2)15-13-21/h3-15H,16-17H2,1-2H3,(H,27,28,29). The molecule has 4 nitrogen and oxygen atoms in total. The van der Waals surface area contributed by atoms with Crippen LogP contribution in [-0.2, 0) is 6.42 Å². The van der Waals surface area contributed by atoms with Crippen molar-refractivity contribution in [2.45, 2.75) is 19.8 Å². The van der Waals surface area contributed by atoms with E-state index in [9.17, 15) is 4.79 Å². The first-order chi connectivity index (χ1) is 14.6. The van der Waals surface area contributed by atoms with Crippen molar-refractivity contribution in [2.24, 2.45) is 4.99 Å². The molecule has 0 atom stereocenters. The van der Waals surface area contributed by atoms with Gasteiger partial charge in [0.25, 0.3) is 5.91 Å². The highest BCUT2D eigenvalue weighted by molar-refractivity contribution is 6.08. The Kier molecular flexibility index (Phi) is 5.75. The second-order valence-electron chi connectivity index (χ2n) is 7.38. The number of rotatable bonds is 5. The zero-order valence-corrected chi connectivity index (χ0v) is 17.2. The van der Waals surface area contributed by atoms with Gasteiger partial charge in [-0.1, -0.05) is 60.2 Å². The molecule has 0 radical (unpaired) electrons. The maximum absolute atomic E-state index is 12.7. The highest BCUT2D eigenvalue weighted by Gasteiger charge is 2.22. The van der Waals surface area contributed by atoms with Crippen LogP contribution in [-0.4, -0.2) is 18.9 Å². The van der Waals surface area contributed by atoms with Gasteiger partial charge in [-0.2, -0.15) is 4.99 Å². The van der Waals surface area contributed by atoms with Crippen molar-refractivity contribution in [1.82, 2.24) is 5.32 Å². The van der Waals surface area contributed by atoms with Crippen molar-refractivity contribution in [3.05, 3.63) is 107 Å². The number of nitrogens with zero attached hydrogens (tertiary/aromatic N) is 1. The average Bonchev–Trinajstić information content (AvgIpc) is 3.17. The number of carbonyl (C=O) groups excluding carboxylic acids is 1. The molecule has 0 saturated carbocycles. The summed E-state index contributed by atoms with van der Waals surface area (Å²) in [4.78, 5) is 17.0. The van der Waals surface area contributed by atoms with Gasteiger partial charge in [0.1, 0.15) is 11.6 Å². The first kappa shape index (κ1) is 19.6. The second-order valence-corrected chi connectivity index (χ2v) is 7.38. The van der Waals surface area contributed by atoms with Crippen molar-refractivity contribution < 1.29 is 9.53 Å². The summed E-state index contributed by atoms with van der Waals surface area (Å²) in [6.07, 6.45) is 1.37. The molecule has 4 heteroatoms. The molecule has 3 aromatic carbocycles. The van der Waals surface area contributed by atoms with Crippen molar-refractivity contribution in [2.75, 3.05) is 7.11 Å². The van der Waals surface area contributed by atoms with Gasteiger partial charge >= 0.3 is 0 Å². The molecule has 1 heterocycles. The first-order valence-corrected chi connectivity index (χ1v) is 9.98. The fraction of sp³-hybridized carbons (Fsp3) is 0.154. The number of aryl methyl sites for hydroxylation is 1. The lowest BCUT2D eigenvalue weighted by molar-refractivity contribution is 0.100. The molecule has 0 saturated heterocycles. The molecule has 0 spiro atoms. The van der Waals surface area contributed by atoms with Gasteiger partial charge in [-0.05, 0) is 47.9 Å². The van der Waals surface area contributed by atoms with E-state index in [4.69, 9.17) is 4.74 Å². The molecule has 3 aromatic rings. The number of amides is 1. The van der Waals surface area contributed by atoms with E-state index in [-0.39, 0.29) is 5.91 Å². The fourth-order valence-electron chi connectivity index (χ4n) is 3.54. The quantitative estimate of drug-likeness (QED) is 0.646. The second kappa shape index (κ2) is 8.78. The van der Waals surface area contributed by atoms with E-state index in [2.05, 4.69) is 53.6 Å². The Morgan fingerprint density at radius 2 is 1.67 bits per heavy atom. The molecule has 4 rings (SSSR count). The lowest BCUT2D eigenvalue weighted by Crippen LogP contribution is -2.19. The molecular weight excluding hydrogens is 372 g/mol. The van der Waals surface area contributed by atoms with Gasteiger partial charge in [-0.3, -0.25) is 4.79 Å². The zero-order chi connectivity index (χ0) is 20.9. The first-order valence-electron chi connectivity index (χ1n) is 9.98. The third-order valence-electron chi connectivity index (χ3n) is 5.20. The lowest BCUT2D eigenvalue weighted by atomic mass is 9.99. The molecule has 0 unspecified atom stereocenters. The number of ether oxygens (including phenoxy) is 1. The van der Waals surface area contributed by atoms with Gasteiger partial charge in [0.15, 0.2) is 0 Å². The summed E-state index contributed by atoms with van der Waals surface area (Å²) >= 11 is 0. The SMILES string of the molecule is COc1ccc(C(=O)/N=C2/CC(c3ccc(C)cc3)=C(Cc3ccccc3)N2)cc1. The van der Waals surface area contributed by atoms with Gasteiger partial charge in [-0.15, -0.1) is 0 Å². The van der Waals surface area contributed by atoms with Crippen LogP contribution in [0.15, 0.2) is 89.6 Å². The molecule has 150 valence electrons. The van der Waals surface area contributed by atoms with Gasteiger partial charge in [0, 0.05) is 24.1 Å². The normalized spacial score (nSPS) is 14.7. The Bertz CT molecular complexity index is 1100. The van der Waals surface area contributed by atoms with Crippen LogP contribution in [0.1, 0.15) is 33.5 Å². The topological polar surface area (TPSA) is 50.7 Å². The highest BCUT2D eigenvalue weighted by atomic mass is 16.5. The molecule has 30 heavy (non-hydrogen) atoms. The summed E-state index contributed by atoms with van der Waals surface area (Å²) < 4.78 is 5.16. The number of carbonyl (C=O) groups is 1. The van der Waals surface area contributed by atoms with E-state index in [1.165, 1.54) is 16.7 Å². The molecule has 1 amide bonds. The number of benzene rings is 3. The molecule has 0 fully saturated rings. The Hall–Kier alpha value is -3.66. The van der Waals surface area contributed by atoms with E-state index in [0.717, 1.165) is 17.7 Å². The summed E-state index contributed by atoms with van der Waals surface area (Å²) in [6.45, 7) is 2.08. The van der Waals surface area contributed by atoms with Crippen LogP contribution in [0.2, 0.25) is 0 Å². The molecule has 1 aliphatic heterocycles. The number of allylic oxidation sites excluding steroid dienone is 1. The number of hydrogen-bond donors (Lipinski definition) is 1. The van der Waals surface area contributed by atoms with Gasteiger partial charge < -0.3 is 10.1 Å². The molecule has 0 bridgehead atoms. The summed E-state index contributed by atoms with van der Waals surface area (Å²) in [7, 11) is 1.60. The average molecular weight is 396 g/mol. The van der Waals surface area contributed by atoms with Crippen LogP contribution < -0.4 is 10.1 Å². The number of methoxy groups -OCH3 is 1. The van der Waals surface area contributed by atoms with Crippen molar-refractivity contribution >= 4 is 17.3 Å². The van der Waals surface area contributed by atoms with Crippen LogP contribution in [0.3, 0.4) is 0 Å². The van der Waals surface area contributed by atoms with E-state index < -0.39 is 0 Å². The van der Waals surface area contributed by atoms with E-state index in [1.54, 1.807) is 31.4 Å². The van der Waals surface area contributed by atoms with Gasteiger partial charge in [0.05, 0.1) is 7.11 Å². The van der Waals surface area contributed by atoms with E-state index in [1.807, 2.05) is 18.2 Å². The summed E-state index contributed by atoms with van der Waals surface area (Å²) in [5.74, 6) is 1.13. The Morgan fingerprint density at radius 3 is 2.33 bits per heavy atom. The van der Waals surface area contributed by atoms with Crippen LogP contribution in [0.4, 0.5) is 0 Å². The number of amidine groups is 1. The van der Waals surface area contributed by atoms with Crippen molar-refractivity contribution in [3.63, 3.8) is 0 Å². The fourth-order valence-corrected chi connectivity index (χ4v) is 3.54. The number of aliphatic imine (C=N–C) groups is 1. The van der Waals surface area contributed by atoms with Crippen LogP contribution >= 0.6 is 0 Å². The van der Waals surface area contributed by atoms with Gasteiger partial charge in [0.2, 0.25) is 0 Å². The number of hydrogen-bond acceptors (Lipinski definition) is 2.